The summed E-state index contributed by atoms with van der Waals surface area (Å²) in [5.41, 5.74) is 1.45. The molecule has 1 aliphatic carbocycles. The largest absolute Gasteiger partial charge is 0.388 e. The first kappa shape index (κ1) is 13.1. The summed E-state index contributed by atoms with van der Waals surface area (Å²) in [5.74, 6) is -0.228. The van der Waals surface area contributed by atoms with Gasteiger partial charge >= 0.3 is 0 Å². The van der Waals surface area contributed by atoms with E-state index in [1.54, 1.807) is 6.20 Å². The van der Waals surface area contributed by atoms with E-state index in [1.165, 1.54) is 0 Å². The van der Waals surface area contributed by atoms with Crippen LogP contribution in [0.3, 0.4) is 0 Å². The maximum Gasteiger partial charge on any atom is 0.271 e. The molecule has 0 bridgehead atoms. The number of hydrogen-bond acceptors (Lipinski definition) is 3. The lowest BCUT2D eigenvalue weighted by molar-refractivity contribution is 0.0449. The highest BCUT2D eigenvalue weighted by Gasteiger charge is 2.31. The molecule has 2 heterocycles. The third kappa shape index (κ3) is 2.41. The van der Waals surface area contributed by atoms with E-state index in [4.69, 9.17) is 0 Å². The Morgan fingerprint density at radius 1 is 1.45 bits per heavy atom. The summed E-state index contributed by atoms with van der Waals surface area (Å²) >= 11 is 0. The standard InChI is InChI=1S/C15H19N3O2/c1-11-5-4-6-13-17-12(9-18(11)13)14(19)16-10-15(20)7-2-3-8-15/h4-6,9,20H,2-3,7-8,10H2,1H3,(H,16,19). The number of aryl methyl sites for hydroxylation is 1. The molecule has 3 rings (SSSR count). The average Bonchev–Trinajstić information content (AvgIpc) is 3.04. The average molecular weight is 273 g/mol. The van der Waals surface area contributed by atoms with Crippen molar-refractivity contribution in [2.45, 2.75) is 38.2 Å². The highest BCUT2D eigenvalue weighted by Crippen LogP contribution is 2.28. The predicted molar refractivity (Wildman–Crippen MR) is 75.7 cm³/mol. The van der Waals surface area contributed by atoms with Gasteiger partial charge in [0.1, 0.15) is 11.3 Å². The van der Waals surface area contributed by atoms with Crippen LogP contribution in [0.5, 0.6) is 0 Å². The molecule has 2 aromatic heterocycles. The van der Waals surface area contributed by atoms with Crippen molar-refractivity contribution in [3.63, 3.8) is 0 Å². The van der Waals surface area contributed by atoms with Gasteiger partial charge in [0.05, 0.1) is 5.60 Å². The van der Waals surface area contributed by atoms with Crippen LogP contribution in [-0.2, 0) is 0 Å². The number of nitrogens with zero attached hydrogens (tertiary/aromatic N) is 2. The fourth-order valence-corrected chi connectivity index (χ4v) is 2.80. The minimum Gasteiger partial charge on any atom is -0.388 e. The lowest BCUT2D eigenvalue weighted by Crippen LogP contribution is -2.40. The molecule has 1 saturated carbocycles. The number of hydrogen-bond donors (Lipinski definition) is 2. The first-order valence-corrected chi connectivity index (χ1v) is 7.03. The van der Waals surface area contributed by atoms with Gasteiger partial charge in [-0.3, -0.25) is 4.79 Å². The van der Waals surface area contributed by atoms with Crippen LogP contribution in [0.25, 0.3) is 5.65 Å². The molecule has 0 atom stereocenters. The number of aliphatic hydroxyl groups is 1. The van der Waals surface area contributed by atoms with Gasteiger partial charge in [-0.1, -0.05) is 18.9 Å². The quantitative estimate of drug-likeness (QED) is 0.894. The van der Waals surface area contributed by atoms with Gasteiger partial charge in [0.2, 0.25) is 0 Å². The Labute approximate surface area is 117 Å². The van der Waals surface area contributed by atoms with Crippen LogP contribution in [0.4, 0.5) is 0 Å². The Hall–Kier alpha value is -1.88. The maximum absolute atomic E-state index is 12.1. The molecule has 0 radical (unpaired) electrons. The Bertz CT molecular complexity index is 642. The molecular formula is C15H19N3O2. The fraction of sp³-hybridized carbons (Fsp3) is 0.467. The van der Waals surface area contributed by atoms with E-state index in [1.807, 2.05) is 29.5 Å². The number of carbonyl (C=O) groups is 1. The monoisotopic (exact) mass is 273 g/mol. The van der Waals surface area contributed by atoms with Crippen LogP contribution in [-0.4, -0.2) is 32.5 Å². The van der Waals surface area contributed by atoms with E-state index in [0.29, 0.717) is 12.2 Å². The number of fused-ring (bicyclic) bond motifs is 1. The number of nitrogens with one attached hydrogen (secondary N) is 1. The van der Waals surface area contributed by atoms with Crippen molar-refractivity contribution >= 4 is 11.6 Å². The third-order valence-electron chi connectivity index (χ3n) is 4.04. The topological polar surface area (TPSA) is 66.6 Å². The minimum atomic E-state index is -0.731. The fourth-order valence-electron chi connectivity index (χ4n) is 2.80. The van der Waals surface area contributed by atoms with Gasteiger partial charge in [-0.05, 0) is 31.9 Å². The Morgan fingerprint density at radius 2 is 2.20 bits per heavy atom. The lowest BCUT2D eigenvalue weighted by atomic mass is 10.0. The number of aromatic nitrogens is 2. The van der Waals surface area contributed by atoms with Crippen LogP contribution in [0, 0.1) is 6.92 Å². The smallest absolute Gasteiger partial charge is 0.271 e. The van der Waals surface area contributed by atoms with Gasteiger partial charge in [-0.2, -0.15) is 0 Å². The van der Waals surface area contributed by atoms with E-state index in [0.717, 1.165) is 37.0 Å². The molecule has 1 aliphatic rings. The summed E-state index contributed by atoms with van der Waals surface area (Å²) in [7, 11) is 0. The molecule has 0 aliphatic heterocycles. The Kier molecular flexibility index (Phi) is 3.22. The van der Waals surface area contributed by atoms with Gasteiger partial charge < -0.3 is 14.8 Å². The molecular weight excluding hydrogens is 254 g/mol. The molecule has 1 fully saturated rings. The van der Waals surface area contributed by atoms with Gasteiger partial charge in [-0.25, -0.2) is 4.98 Å². The maximum atomic E-state index is 12.1. The van der Waals surface area contributed by atoms with Crippen LogP contribution in [0.15, 0.2) is 24.4 Å². The van der Waals surface area contributed by atoms with Crippen molar-refractivity contribution in [2.75, 3.05) is 6.54 Å². The second-order valence-corrected chi connectivity index (χ2v) is 5.64. The van der Waals surface area contributed by atoms with Crippen molar-refractivity contribution < 1.29 is 9.90 Å². The molecule has 5 nitrogen and oxygen atoms in total. The minimum absolute atomic E-state index is 0.228. The Morgan fingerprint density at radius 3 is 2.90 bits per heavy atom. The summed E-state index contributed by atoms with van der Waals surface area (Å²) in [4.78, 5) is 16.4. The highest BCUT2D eigenvalue weighted by atomic mass is 16.3. The zero-order valence-electron chi connectivity index (χ0n) is 11.6. The Balaban J connectivity index is 1.74. The molecule has 0 unspecified atom stereocenters. The van der Waals surface area contributed by atoms with Crippen molar-refractivity contribution in [1.82, 2.24) is 14.7 Å². The summed E-state index contributed by atoms with van der Waals surface area (Å²) < 4.78 is 1.89. The van der Waals surface area contributed by atoms with Gasteiger partial charge in [0.25, 0.3) is 5.91 Å². The van der Waals surface area contributed by atoms with Crippen LogP contribution >= 0.6 is 0 Å². The molecule has 20 heavy (non-hydrogen) atoms. The zero-order chi connectivity index (χ0) is 14.2. The molecule has 0 aromatic carbocycles. The number of rotatable bonds is 3. The molecule has 0 saturated heterocycles. The van der Waals surface area contributed by atoms with E-state index < -0.39 is 5.60 Å². The van der Waals surface area contributed by atoms with E-state index in [9.17, 15) is 9.90 Å². The number of pyridine rings is 1. The van der Waals surface area contributed by atoms with Gasteiger partial charge in [-0.15, -0.1) is 0 Å². The summed E-state index contributed by atoms with van der Waals surface area (Å²) in [6, 6.07) is 5.76. The summed E-state index contributed by atoms with van der Waals surface area (Å²) in [6.07, 6.45) is 5.31. The molecule has 2 N–H and O–H groups in total. The van der Waals surface area contributed by atoms with Crippen LogP contribution in [0.2, 0.25) is 0 Å². The van der Waals surface area contributed by atoms with Crippen LogP contribution in [0.1, 0.15) is 41.9 Å². The lowest BCUT2D eigenvalue weighted by Gasteiger charge is -2.21. The first-order chi connectivity index (χ1) is 9.57. The molecule has 0 spiro atoms. The predicted octanol–water partition coefficient (Wildman–Crippen LogP) is 1.68. The molecule has 5 heteroatoms. The third-order valence-corrected chi connectivity index (χ3v) is 4.04. The van der Waals surface area contributed by atoms with Gasteiger partial charge in [0, 0.05) is 18.4 Å². The molecule has 106 valence electrons. The SMILES string of the molecule is Cc1cccc2nc(C(=O)NCC3(O)CCCC3)cn12. The van der Waals surface area contributed by atoms with E-state index >= 15 is 0 Å². The summed E-state index contributed by atoms with van der Waals surface area (Å²) in [5, 5.41) is 13.0. The number of imidazole rings is 1. The second-order valence-electron chi connectivity index (χ2n) is 5.64. The number of carbonyl (C=O) groups excluding carboxylic acids is 1. The molecule has 2 aromatic rings. The van der Waals surface area contributed by atoms with E-state index in [-0.39, 0.29) is 5.91 Å². The van der Waals surface area contributed by atoms with Crippen molar-refractivity contribution in [3.8, 4) is 0 Å². The molecule has 1 amide bonds. The second kappa shape index (κ2) is 4.90. The van der Waals surface area contributed by atoms with Crippen molar-refractivity contribution in [2.24, 2.45) is 0 Å². The number of amides is 1. The van der Waals surface area contributed by atoms with E-state index in [2.05, 4.69) is 10.3 Å². The normalized spacial score (nSPS) is 17.5. The van der Waals surface area contributed by atoms with Crippen LogP contribution < -0.4 is 5.32 Å². The van der Waals surface area contributed by atoms with Crippen molar-refractivity contribution in [1.29, 1.82) is 0 Å². The van der Waals surface area contributed by atoms with Gasteiger partial charge in [0.15, 0.2) is 0 Å². The highest BCUT2D eigenvalue weighted by molar-refractivity contribution is 5.92. The van der Waals surface area contributed by atoms with Crippen molar-refractivity contribution in [3.05, 3.63) is 35.8 Å². The first-order valence-electron chi connectivity index (χ1n) is 7.03. The zero-order valence-corrected chi connectivity index (χ0v) is 11.6. The summed E-state index contributed by atoms with van der Waals surface area (Å²) in [6.45, 7) is 2.27.